The molecule has 28 heavy (non-hydrogen) atoms. The van der Waals surface area contributed by atoms with E-state index in [0.29, 0.717) is 24.1 Å². The Morgan fingerprint density at radius 2 is 2.07 bits per heavy atom. The normalized spacial score (nSPS) is 16.1. The van der Waals surface area contributed by atoms with E-state index in [2.05, 4.69) is 16.9 Å². The lowest BCUT2D eigenvalue weighted by molar-refractivity contribution is 0.0708. The first kappa shape index (κ1) is 16.9. The summed E-state index contributed by atoms with van der Waals surface area (Å²) in [7, 11) is 0. The Labute approximate surface area is 164 Å². The minimum Gasteiger partial charge on any atom is -0.408 e. The van der Waals surface area contributed by atoms with Crippen LogP contribution in [0.5, 0.6) is 0 Å². The lowest BCUT2D eigenvalue weighted by Crippen LogP contribution is -2.29. The van der Waals surface area contributed by atoms with E-state index in [1.807, 2.05) is 52.9 Å². The standard InChI is InChI=1S/C21H17N3O3S/c1-12-17(22-11-28-12)9-18-14-4-2-3-5-15(14)20(25)24(18)10-13-6-7-16-19(8-13)27-21(26)23-16/h2-8,11,18H,9-10H2,1H3,(H,23,26). The lowest BCUT2D eigenvalue weighted by Gasteiger charge is -2.25. The predicted octanol–water partition coefficient (Wildman–Crippen LogP) is 3.83. The fourth-order valence-electron chi connectivity index (χ4n) is 3.84. The Bertz CT molecular complexity index is 1250. The van der Waals surface area contributed by atoms with Gasteiger partial charge in [-0.2, -0.15) is 0 Å². The predicted molar refractivity (Wildman–Crippen MR) is 106 cm³/mol. The summed E-state index contributed by atoms with van der Waals surface area (Å²) in [5.74, 6) is -0.460. The molecular formula is C21H17N3O3S. The number of benzene rings is 2. The van der Waals surface area contributed by atoms with E-state index in [-0.39, 0.29) is 11.9 Å². The molecule has 1 aliphatic heterocycles. The number of rotatable bonds is 4. The summed E-state index contributed by atoms with van der Waals surface area (Å²) in [6, 6.07) is 13.2. The first-order valence-corrected chi connectivity index (χ1v) is 9.89. The second-order valence-corrected chi connectivity index (χ2v) is 8.00. The molecule has 2 aromatic heterocycles. The Morgan fingerprint density at radius 1 is 1.21 bits per heavy atom. The SMILES string of the molecule is Cc1scnc1CC1c2ccccc2C(=O)N1Cc1ccc2[nH]c(=O)oc2c1. The molecule has 0 bridgehead atoms. The molecule has 0 radical (unpaired) electrons. The third-order valence-electron chi connectivity index (χ3n) is 5.26. The minimum absolute atomic E-state index is 0.0177. The number of thiazole rings is 1. The molecule has 1 N–H and O–H groups in total. The van der Waals surface area contributed by atoms with Crippen LogP contribution < -0.4 is 5.76 Å². The maximum atomic E-state index is 13.1. The van der Waals surface area contributed by atoms with Crippen LogP contribution in [0.1, 0.15) is 38.1 Å². The van der Waals surface area contributed by atoms with E-state index in [4.69, 9.17) is 4.42 Å². The number of amides is 1. The third-order valence-corrected chi connectivity index (χ3v) is 6.06. The zero-order valence-corrected chi connectivity index (χ0v) is 16.0. The summed E-state index contributed by atoms with van der Waals surface area (Å²) in [4.78, 5) is 34.7. The summed E-state index contributed by atoms with van der Waals surface area (Å²) in [5, 5.41) is 0. The molecule has 7 heteroatoms. The van der Waals surface area contributed by atoms with Crippen molar-refractivity contribution in [3.8, 4) is 0 Å². The van der Waals surface area contributed by atoms with Crippen LogP contribution >= 0.6 is 11.3 Å². The number of aromatic nitrogens is 2. The van der Waals surface area contributed by atoms with Crippen LogP contribution in [0.3, 0.4) is 0 Å². The smallest absolute Gasteiger partial charge is 0.408 e. The highest BCUT2D eigenvalue weighted by molar-refractivity contribution is 7.09. The molecule has 5 rings (SSSR count). The number of nitrogens with zero attached hydrogens (tertiary/aromatic N) is 2. The monoisotopic (exact) mass is 391 g/mol. The van der Waals surface area contributed by atoms with Gasteiger partial charge in [-0.3, -0.25) is 9.78 Å². The second-order valence-electron chi connectivity index (χ2n) is 6.94. The molecule has 0 fully saturated rings. The van der Waals surface area contributed by atoms with Crippen molar-refractivity contribution in [1.82, 2.24) is 14.9 Å². The Hall–Kier alpha value is -3.19. The van der Waals surface area contributed by atoms with Crippen molar-refractivity contribution < 1.29 is 9.21 Å². The van der Waals surface area contributed by atoms with Crippen molar-refractivity contribution in [2.45, 2.75) is 25.9 Å². The molecule has 2 aromatic carbocycles. The van der Waals surface area contributed by atoms with E-state index in [1.54, 1.807) is 11.3 Å². The van der Waals surface area contributed by atoms with Crippen LogP contribution in [0.4, 0.5) is 0 Å². The topological polar surface area (TPSA) is 79.2 Å². The fourth-order valence-corrected chi connectivity index (χ4v) is 4.45. The molecule has 3 heterocycles. The molecule has 0 saturated heterocycles. The highest BCUT2D eigenvalue weighted by Crippen LogP contribution is 2.37. The van der Waals surface area contributed by atoms with Crippen LogP contribution in [0, 0.1) is 6.92 Å². The van der Waals surface area contributed by atoms with Crippen LogP contribution in [-0.4, -0.2) is 20.8 Å². The van der Waals surface area contributed by atoms with Gasteiger partial charge in [0, 0.05) is 23.4 Å². The number of oxazole rings is 1. The molecule has 6 nitrogen and oxygen atoms in total. The number of hydrogen-bond acceptors (Lipinski definition) is 5. The number of nitrogens with one attached hydrogen (secondary N) is 1. The molecule has 1 aliphatic rings. The minimum atomic E-state index is -0.478. The summed E-state index contributed by atoms with van der Waals surface area (Å²) in [6.45, 7) is 2.49. The molecule has 1 unspecified atom stereocenters. The zero-order valence-electron chi connectivity index (χ0n) is 15.1. The van der Waals surface area contributed by atoms with Crippen molar-refractivity contribution in [1.29, 1.82) is 0 Å². The third kappa shape index (κ3) is 2.75. The number of fused-ring (bicyclic) bond motifs is 2. The fraction of sp³-hybridized carbons (Fsp3) is 0.190. The summed E-state index contributed by atoms with van der Waals surface area (Å²) < 4.78 is 5.17. The van der Waals surface area contributed by atoms with Gasteiger partial charge >= 0.3 is 5.76 Å². The number of hydrogen-bond donors (Lipinski definition) is 1. The van der Waals surface area contributed by atoms with Gasteiger partial charge in [0.1, 0.15) is 0 Å². The van der Waals surface area contributed by atoms with Gasteiger partial charge in [-0.25, -0.2) is 9.78 Å². The molecule has 0 spiro atoms. The second kappa shape index (κ2) is 6.45. The van der Waals surface area contributed by atoms with Crippen LogP contribution in [0.2, 0.25) is 0 Å². The average Bonchev–Trinajstić information content (AvgIpc) is 3.34. The maximum absolute atomic E-state index is 13.1. The van der Waals surface area contributed by atoms with E-state index in [9.17, 15) is 9.59 Å². The molecule has 140 valence electrons. The summed E-state index contributed by atoms with van der Waals surface area (Å²) in [6.07, 6.45) is 0.680. The zero-order chi connectivity index (χ0) is 19.3. The average molecular weight is 391 g/mol. The highest BCUT2D eigenvalue weighted by atomic mass is 32.1. The number of carbonyl (C=O) groups excluding carboxylic acids is 1. The highest BCUT2D eigenvalue weighted by Gasteiger charge is 2.37. The van der Waals surface area contributed by atoms with Crippen LogP contribution in [-0.2, 0) is 13.0 Å². The summed E-state index contributed by atoms with van der Waals surface area (Å²) >= 11 is 1.62. The number of carbonyl (C=O) groups is 1. The van der Waals surface area contributed by atoms with Crippen molar-refractivity contribution in [2.75, 3.05) is 0 Å². The molecule has 1 atom stereocenters. The van der Waals surface area contributed by atoms with Gasteiger partial charge in [0.05, 0.1) is 22.8 Å². The van der Waals surface area contributed by atoms with Crippen molar-refractivity contribution in [3.63, 3.8) is 0 Å². The van der Waals surface area contributed by atoms with Gasteiger partial charge in [0.15, 0.2) is 5.58 Å². The molecule has 0 saturated carbocycles. The van der Waals surface area contributed by atoms with E-state index < -0.39 is 5.76 Å². The molecule has 0 aliphatic carbocycles. The van der Waals surface area contributed by atoms with E-state index in [0.717, 1.165) is 22.4 Å². The van der Waals surface area contributed by atoms with Gasteiger partial charge in [-0.15, -0.1) is 11.3 Å². The first-order chi connectivity index (χ1) is 13.6. The van der Waals surface area contributed by atoms with Crippen molar-refractivity contribution in [3.05, 3.63) is 85.8 Å². The van der Waals surface area contributed by atoms with E-state index >= 15 is 0 Å². The molecular weight excluding hydrogens is 374 g/mol. The maximum Gasteiger partial charge on any atom is 0.417 e. The molecule has 4 aromatic rings. The molecule has 1 amide bonds. The largest absolute Gasteiger partial charge is 0.417 e. The first-order valence-electron chi connectivity index (χ1n) is 9.01. The van der Waals surface area contributed by atoms with Gasteiger partial charge in [-0.05, 0) is 36.2 Å². The summed E-state index contributed by atoms with van der Waals surface area (Å²) in [5.41, 5.74) is 6.72. The quantitative estimate of drug-likeness (QED) is 0.573. The van der Waals surface area contributed by atoms with E-state index in [1.165, 1.54) is 4.88 Å². The van der Waals surface area contributed by atoms with Gasteiger partial charge < -0.3 is 9.32 Å². The Balaban J connectivity index is 1.52. The van der Waals surface area contributed by atoms with Gasteiger partial charge in [0.2, 0.25) is 0 Å². The van der Waals surface area contributed by atoms with Crippen LogP contribution in [0.25, 0.3) is 11.1 Å². The van der Waals surface area contributed by atoms with Gasteiger partial charge in [0.25, 0.3) is 5.91 Å². The number of aryl methyl sites for hydroxylation is 1. The Kier molecular flexibility index (Phi) is 3.91. The van der Waals surface area contributed by atoms with Crippen LogP contribution in [0.15, 0.2) is 57.2 Å². The van der Waals surface area contributed by atoms with Crippen molar-refractivity contribution in [2.24, 2.45) is 0 Å². The number of aromatic amines is 1. The van der Waals surface area contributed by atoms with Gasteiger partial charge in [-0.1, -0.05) is 24.3 Å². The van der Waals surface area contributed by atoms with Crippen molar-refractivity contribution >= 4 is 28.3 Å². The Morgan fingerprint density at radius 3 is 2.89 bits per heavy atom. The number of H-pyrrole nitrogens is 1. The lowest BCUT2D eigenvalue weighted by atomic mass is 10.0.